The number of nitrogens with one attached hydrogen (secondary N) is 1. The second-order valence-electron chi connectivity index (χ2n) is 9.76. The van der Waals surface area contributed by atoms with E-state index >= 15 is 0 Å². The van der Waals surface area contributed by atoms with Crippen molar-refractivity contribution >= 4 is 41.0 Å². The van der Waals surface area contributed by atoms with Crippen LogP contribution >= 0.6 is 23.4 Å². The summed E-state index contributed by atoms with van der Waals surface area (Å²) in [6.45, 7) is 6.65. The molecule has 1 unspecified atom stereocenters. The standard InChI is InChI=1S/C27H30ClFN4O3S/c1-27(2,3)25-23-24(17-9-11-18(29)12-10-17)37-16-22(35)32(15-21(34)30-13-14-36-4)26(23)33(31-25)20-8-6-5-7-19(20)28/h5-12,24H,13-16H2,1-4H3,(H,30,34). The Balaban J connectivity index is 1.96. The van der Waals surface area contributed by atoms with Gasteiger partial charge in [0.05, 0.1) is 34.0 Å². The third-order valence-corrected chi connectivity index (χ3v) is 7.56. The van der Waals surface area contributed by atoms with Crippen LogP contribution in [0.2, 0.25) is 5.02 Å². The van der Waals surface area contributed by atoms with E-state index in [4.69, 9.17) is 21.4 Å². The summed E-state index contributed by atoms with van der Waals surface area (Å²) in [4.78, 5) is 27.9. The molecule has 1 aromatic heterocycles. The summed E-state index contributed by atoms with van der Waals surface area (Å²) >= 11 is 8.04. The van der Waals surface area contributed by atoms with Gasteiger partial charge in [-0.3, -0.25) is 14.5 Å². The van der Waals surface area contributed by atoms with Gasteiger partial charge < -0.3 is 10.1 Å². The fourth-order valence-electron chi connectivity index (χ4n) is 4.26. The third-order valence-electron chi connectivity index (χ3n) is 5.98. The van der Waals surface area contributed by atoms with Crippen molar-refractivity contribution < 1.29 is 18.7 Å². The molecule has 7 nitrogen and oxygen atoms in total. The van der Waals surface area contributed by atoms with Crippen molar-refractivity contribution in [2.45, 2.75) is 31.4 Å². The van der Waals surface area contributed by atoms with Crippen LogP contribution in [0.5, 0.6) is 0 Å². The lowest BCUT2D eigenvalue weighted by Gasteiger charge is -2.24. The number of aromatic nitrogens is 2. The predicted molar refractivity (Wildman–Crippen MR) is 145 cm³/mol. The maximum Gasteiger partial charge on any atom is 0.240 e. The Bertz CT molecular complexity index is 1290. The Labute approximate surface area is 225 Å². The van der Waals surface area contributed by atoms with Gasteiger partial charge in [-0.05, 0) is 29.8 Å². The van der Waals surface area contributed by atoms with Gasteiger partial charge >= 0.3 is 0 Å². The summed E-state index contributed by atoms with van der Waals surface area (Å²) in [6.07, 6.45) is 0. The van der Waals surface area contributed by atoms with Crippen molar-refractivity contribution in [3.63, 3.8) is 0 Å². The number of para-hydroxylation sites is 1. The van der Waals surface area contributed by atoms with E-state index in [1.165, 1.54) is 28.8 Å². The van der Waals surface area contributed by atoms with Crippen LogP contribution in [0.25, 0.3) is 5.69 Å². The molecular weight excluding hydrogens is 515 g/mol. The number of hydrogen-bond donors (Lipinski definition) is 1. The number of nitrogens with zero attached hydrogens (tertiary/aromatic N) is 3. The SMILES string of the molecule is COCCNC(=O)CN1C(=O)CSC(c2ccc(F)cc2)c2c(C(C)(C)C)nn(-c3ccccc3Cl)c21. The van der Waals surface area contributed by atoms with Gasteiger partial charge in [-0.25, -0.2) is 9.07 Å². The van der Waals surface area contributed by atoms with E-state index in [2.05, 4.69) is 5.32 Å². The van der Waals surface area contributed by atoms with Crippen LogP contribution in [-0.4, -0.2) is 54.2 Å². The quantitative estimate of drug-likeness (QED) is 0.428. The molecule has 196 valence electrons. The Morgan fingerprint density at radius 3 is 2.57 bits per heavy atom. The van der Waals surface area contributed by atoms with Crippen LogP contribution in [0.1, 0.15) is 42.8 Å². The highest BCUT2D eigenvalue weighted by Gasteiger charge is 2.40. The number of rotatable bonds is 7. The molecule has 0 saturated heterocycles. The van der Waals surface area contributed by atoms with Crippen LogP contribution in [0, 0.1) is 5.82 Å². The first-order chi connectivity index (χ1) is 17.6. The molecule has 10 heteroatoms. The molecule has 0 bridgehead atoms. The highest BCUT2D eigenvalue weighted by atomic mass is 35.5. The molecule has 2 aromatic carbocycles. The van der Waals surface area contributed by atoms with Crippen molar-refractivity contribution in [3.8, 4) is 5.69 Å². The average molecular weight is 545 g/mol. The molecule has 3 aromatic rings. The van der Waals surface area contributed by atoms with Gasteiger partial charge in [0.15, 0.2) is 0 Å². The average Bonchev–Trinajstić information content (AvgIpc) is 3.18. The smallest absolute Gasteiger partial charge is 0.240 e. The molecule has 0 radical (unpaired) electrons. The van der Waals surface area contributed by atoms with Gasteiger partial charge in [-0.2, -0.15) is 5.10 Å². The zero-order valence-corrected chi connectivity index (χ0v) is 22.8. The van der Waals surface area contributed by atoms with Crippen molar-refractivity contribution in [2.75, 3.05) is 37.5 Å². The number of carbonyl (C=O) groups excluding carboxylic acids is 2. The molecular formula is C27H30ClFN4O3S. The lowest BCUT2D eigenvalue weighted by Crippen LogP contribution is -2.43. The van der Waals surface area contributed by atoms with Crippen molar-refractivity contribution in [3.05, 3.63) is 76.2 Å². The van der Waals surface area contributed by atoms with Crippen LogP contribution in [0.4, 0.5) is 10.2 Å². The number of hydrogen-bond acceptors (Lipinski definition) is 5. The minimum atomic E-state index is -0.408. The highest BCUT2D eigenvalue weighted by Crippen LogP contribution is 2.48. The third kappa shape index (κ3) is 5.84. The Morgan fingerprint density at radius 1 is 1.22 bits per heavy atom. The molecule has 37 heavy (non-hydrogen) atoms. The van der Waals surface area contributed by atoms with E-state index in [9.17, 15) is 14.0 Å². The zero-order chi connectivity index (χ0) is 26.7. The van der Waals surface area contributed by atoms with Crippen molar-refractivity contribution in [1.29, 1.82) is 0 Å². The number of halogens is 2. The molecule has 0 fully saturated rings. The Kier molecular flexibility index (Phi) is 8.26. The summed E-state index contributed by atoms with van der Waals surface area (Å²) in [5.41, 5.74) is 2.60. The van der Waals surface area contributed by atoms with Gasteiger partial charge in [-0.15, -0.1) is 11.8 Å². The number of fused-ring (bicyclic) bond motifs is 1. The Morgan fingerprint density at radius 2 is 1.92 bits per heavy atom. The van der Waals surface area contributed by atoms with Crippen molar-refractivity contribution in [2.24, 2.45) is 0 Å². The molecule has 1 aliphatic heterocycles. The highest BCUT2D eigenvalue weighted by molar-refractivity contribution is 8.00. The van der Waals surface area contributed by atoms with E-state index in [-0.39, 0.29) is 35.2 Å². The Hall–Kier alpha value is -2.88. The van der Waals surface area contributed by atoms with E-state index in [0.29, 0.717) is 29.7 Å². The molecule has 4 rings (SSSR count). The minimum Gasteiger partial charge on any atom is -0.383 e. The molecule has 0 aliphatic carbocycles. The number of anilines is 1. The molecule has 1 atom stereocenters. The molecule has 2 heterocycles. The largest absolute Gasteiger partial charge is 0.383 e. The van der Waals surface area contributed by atoms with Gasteiger partial charge in [0.1, 0.15) is 18.2 Å². The number of carbonyl (C=O) groups is 2. The molecule has 0 spiro atoms. The molecule has 2 amide bonds. The lowest BCUT2D eigenvalue weighted by atomic mass is 9.87. The minimum absolute atomic E-state index is 0.133. The number of thioether (sulfide) groups is 1. The van der Waals surface area contributed by atoms with Crippen LogP contribution < -0.4 is 10.2 Å². The molecule has 0 saturated carbocycles. The monoisotopic (exact) mass is 544 g/mol. The summed E-state index contributed by atoms with van der Waals surface area (Å²) in [7, 11) is 1.56. The van der Waals surface area contributed by atoms with Gasteiger partial charge in [-0.1, -0.05) is 56.6 Å². The zero-order valence-electron chi connectivity index (χ0n) is 21.3. The lowest BCUT2D eigenvalue weighted by molar-refractivity contribution is -0.123. The molecule has 1 aliphatic rings. The van der Waals surface area contributed by atoms with E-state index in [1.807, 2.05) is 39.0 Å². The first-order valence-corrected chi connectivity index (χ1v) is 13.4. The normalized spacial score (nSPS) is 15.9. The second kappa shape index (κ2) is 11.2. The van der Waals surface area contributed by atoms with Crippen LogP contribution in [0.15, 0.2) is 48.5 Å². The summed E-state index contributed by atoms with van der Waals surface area (Å²) in [5, 5.41) is 7.94. The van der Waals surface area contributed by atoms with Gasteiger partial charge in [0.2, 0.25) is 11.8 Å². The van der Waals surface area contributed by atoms with E-state index < -0.39 is 5.41 Å². The summed E-state index contributed by atoms with van der Waals surface area (Å²) < 4.78 is 20.5. The van der Waals surface area contributed by atoms with Gasteiger partial charge in [0.25, 0.3) is 0 Å². The number of ether oxygens (including phenoxy) is 1. The maximum atomic E-state index is 13.8. The van der Waals surface area contributed by atoms with E-state index in [0.717, 1.165) is 16.8 Å². The number of benzene rings is 2. The second-order valence-corrected chi connectivity index (χ2v) is 11.3. The topological polar surface area (TPSA) is 76.5 Å². The van der Waals surface area contributed by atoms with Crippen LogP contribution in [-0.2, 0) is 19.7 Å². The van der Waals surface area contributed by atoms with Crippen LogP contribution in [0.3, 0.4) is 0 Å². The predicted octanol–water partition coefficient (Wildman–Crippen LogP) is 4.89. The van der Waals surface area contributed by atoms with E-state index in [1.54, 1.807) is 30.0 Å². The fourth-order valence-corrected chi connectivity index (χ4v) is 5.67. The number of amides is 2. The molecule has 1 N–H and O–H groups in total. The van der Waals surface area contributed by atoms with Crippen molar-refractivity contribution in [1.82, 2.24) is 15.1 Å². The number of methoxy groups -OCH3 is 1. The summed E-state index contributed by atoms with van der Waals surface area (Å²) in [6, 6.07) is 13.5. The van der Waals surface area contributed by atoms with Gasteiger partial charge in [0, 0.05) is 24.6 Å². The fraction of sp³-hybridized carbons (Fsp3) is 0.370. The first-order valence-electron chi connectivity index (χ1n) is 11.9. The first kappa shape index (κ1) is 27.2. The maximum absolute atomic E-state index is 13.8. The summed E-state index contributed by atoms with van der Waals surface area (Å²) in [5.74, 6) is -0.258.